The van der Waals surface area contributed by atoms with E-state index in [1.54, 1.807) is 23.1 Å². The van der Waals surface area contributed by atoms with Gasteiger partial charge in [0.25, 0.3) is 5.91 Å². The van der Waals surface area contributed by atoms with Crippen molar-refractivity contribution in [3.8, 4) is 17.2 Å². The Bertz CT molecular complexity index is 1570. The minimum atomic E-state index is -0.618. The van der Waals surface area contributed by atoms with E-state index >= 15 is 0 Å². The zero-order chi connectivity index (χ0) is 24.8. The summed E-state index contributed by atoms with van der Waals surface area (Å²) in [6.45, 7) is 6.40. The van der Waals surface area contributed by atoms with Crippen molar-refractivity contribution in [1.29, 1.82) is 0 Å². The van der Waals surface area contributed by atoms with E-state index in [0.717, 1.165) is 16.7 Å². The van der Waals surface area contributed by atoms with E-state index < -0.39 is 6.04 Å². The highest BCUT2D eigenvalue weighted by Crippen LogP contribution is 2.41. The second-order valence-corrected chi connectivity index (χ2v) is 8.87. The summed E-state index contributed by atoms with van der Waals surface area (Å²) < 4.78 is 22.6. The van der Waals surface area contributed by atoms with Crippen LogP contribution in [0.25, 0.3) is 11.0 Å². The fourth-order valence-corrected chi connectivity index (χ4v) is 4.78. The first-order valence-electron chi connectivity index (χ1n) is 11.6. The number of benzene rings is 3. The van der Waals surface area contributed by atoms with Crippen molar-refractivity contribution >= 4 is 16.9 Å². The molecule has 2 aliphatic rings. The van der Waals surface area contributed by atoms with E-state index in [-0.39, 0.29) is 30.4 Å². The van der Waals surface area contributed by atoms with E-state index in [2.05, 4.69) is 6.58 Å². The Morgan fingerprint density at radius 3 is 2.64 bits per heavy atom. The maximum absolute atomic E-state index is 13.8. The first-order valence-corrected chi connectivity index (χ1v) is 11.6. The normalized spacial score (nSPS) is 15.9. The number of amides is 1. The molecule has 7 heteroatoms. The van der Waals surface area contributed by atoms with Crippen molar-refractivity contribution in [2.45, 2.75) is 19.5 Å². The molecule has 0 bridgehead atoms. The van der Waals surface area contributed by atoms with E-state index in [1.165, 1.54) is 0 Å². The number of hydrogen-bond acceptors (Lipinski definition) is 6. The van der Waals surface area contributed by atoms with Crippen LogP contribution in [0.5, 0.6) is 17.2 Å². The molecule has 0 spiro atoms. The first kappa shape index (κ1) is 22.0. The summed E-state index contributed by atoms with van der Waals surface area (Å²) in [6.07, 6.45) is 1.67. The van der Waals surface area contributed by atoms with Gasteiger partial charge in [-0.3, -0.25) is 9.59 Å². The van der Waals surface area contributed by atoms with Crippen LogP contribution in [-0.2, 0) is 6.54 Å². The molecule has 1 atom stereocenters. The number of fused-ring (bicyclic) bond motifs is 3. The standard InChI is InChI=1S/C29H23NO6/c1-3-12-33-20-8-6-19(7-9-20)26-25-27(31)21-13-17(2)4-10-22(21)36-28(25)29(32)30(26)15-18-5-11-23-24(14-18)35-16-34-23/h3-11,13-14,26H,1,12,15-16H2,2H3/t26-/m1/s1. The molecular formula is C29H23NO6. The van der Waals surface area contributed by atoms with Gasteiger partial charge in [-0.25, -0.2) is 0 Å². The Morgan fingerprint density at radius 2 is 1.83 bits per heavy atom. The van der Waals surface area contributed by atoms with Crippen molar-refractivity contribution in [2.24, 2.45) is 0 Å². The van der Waals surface area contributed by atoms with Gasteiger partial charge in [0, 0.05) is 6.54 Å². The highest BCUT2D eigenvalue weighted by atomic mass is 16.7. The number of nitrogens with zero attached hydrogens (tertiary/aromatic N) is 1. The molecule has 0 radical (unpaired) electrons. The molecule has 1 amide bonds. The van der Waals surface area contributed by atoms with E-state index in [1.807, 2.05) is 55.5 Å². The lowest BCUT2D eigenvalue weighted by Gasteiger charge is -2.25. The van der Waals surface area contributed by atoms with Gasteiger partial charge in [-0.15, -0.1) is 0 Å². The molecule has 4 aromatic rings. The van der Waals surface area contributed by atoms with Crippen LogP contribution in [0.15, 0.2) is 82.5 Å². The zero-order valence-corrected chi connectivity index (χ0v) is 19.7. The molecule has 0 unspecified atom stereocenters. The summed E-state index contributed by atoms with van der Waals surface area (Å²) in [4.78, 5) is 29.1. The van der Waals surface area contributed by atoms with Gasteiger partial charge in [0.1, 0.15) is 17.9 Å². The Hall–Kier alpha value is -4.52. The van der Waals surface area contributed by atoms with Gasteiger partial charge < -0.3 is 23.5 Å². The summed E-state index contributed by atoms with van der Waals surface area (Å²) in [6, 6.07) is 17.8. The lowest BCUT2D eigenvalue weighted by atomic mass is 9.97. The van der Waals surface area contributed by atoms with Gasteiger partial charge in [0.15, 0.2) is 16.9 Å². The maximum Gasteiger partial charge on any atom is 0.291 e. The maximum atomic E-state index is 13.8. The third kappa shape index (κ3) is 3.60. The Balaban J connectivity index is 1.47. The number of rotatable bonds is 6. The zero-order valence-electron chi connectivity index (χ0n) is 19.7. The van der Waals surface area contributed by atoms with Crippen molar-refractivity contribution in [2.75, 3.05) is 13.4 Å². The lowest BCUT2D eigenvalue weighted by molar-refractivity contribution is 0.0714. The van der Waals surface area contributed by atoms with Crippen molar-refractivity contribution in [3.05, 3.63) is 112 Å². The number of carbonyl (C=O) groups is 1. The quantitative estimate of drug-likeness (QED) is 0.355. The summed E-state index contributed by atoms with van der Waals surface area (Å²) in [7, 11) is 0. The van der Waals surface area contributed by atoms with Gasteiger partial charge in [-0.1, -0.05) is 42.5 Å². The van der Waals surface area contributed by atoms with Crippen molar-refractivity contribution < 1.29 is 23.4 Å². The van der Waals surface area contributed by atoms with Crippen LogP contribution in [0.1, 0.15) is 38.9 Å². The van der Waals surface area contributed by atoms with Gasteiger partial charge in [-0.05, 0) is 54.4 Å². The Labute approximate surface area is 207 Å². The smallest absolute Gasteiger partial charge is 0.291 e. The number of ether oxygens (including phenoxy) is 3. The summed E-state index contributed by atoms with van der Waals surface area (Å²) in [5, 5.41) is 0.461. The van der Waals surface area contributed by atoms with Crippen LogP contribution in [0.2, 0.25) is 0 Å². The molecule has 3 aromatic carbocycles. The minimum absolute atomic E-state index is 0.0779. The predicted octanol–water partition coefficient (Wildman–Crippen LogP) is 5.14. The highest BCUT2D eigenvalue weighted by molar-refractivity contribution is 5.99. The fourth-order valence-electron chi connectivity index (χ4n) is 4.78. The van der Waals surface area contributed by atoms with Crippen LogP contribution >= 0.6 is 0 Å². The van der Waals surface area contributed by atoms with Crippen molar-refractivity contribution in [3.63, 3.8) is 0 Å². The minimum Gasteiger partial charge on any atom is -0.490 e. The Kier molecular flexibility index (Phi) is 5.25. The molecule has 0 aliphatic carbocycles. The van der Waals surface area contributed by atoms with Crippen LogP contribution < -0.4 is 19.6 Å². The molecule has 3 heterocycles. The van der Waals surface area contributed by atoms with Crippen molar-refractivity contribution in [1.82, 2.24) is 4.90 Å². The molecule has 7 nitrogen and oxygen atoms in total. The average Bonchev–Trinajstić information content (AvgIpc) is 3.46. The molecule has 0 saturated heterocycles. The second-order valence-electron chi connectivity index (χ2n) is 8.87. The van der Waals surface area contributed by atoms with Gasteiger partial charge in [0.2, 0.25) is 12.6 Å². The van der Waals surface area contributed by atoms with Gasteiger partial charge in [0.05, 0.1) is 17.0 Å². The molecule has 180 valence electrons. The van der Waals surface area contributed by atoms with Crippen LogP contribution in [0.3, 0.4) is 0 Å². The average molecular weight is 482 g/mol. The number of hydrogen-bond donors (Lipinski definition) is 0. The molecular weight excluding hydrogens is 458 g/mol. The van der Waals surface area contributed by atoms with E-state index in [9.17, 15) is 9.59 Å². The topological polar surface area (TPSA) is 78.2 Å². The number of aryl methyl sites for hydroxylation is 1. The summed E-state index contributed by atoms with van der Waals surface area (Å²) in [5.41, 5.74) is 3.12. The predicted molar refractivity (Wildman–Crippen MR) is 134 cm³/mol. The summed E-state index contributed by atoms with van der Waals surface area (Å²) >= 11 is 0. The second kappa shape index (κ2) is 8.61. The largest absolute Gasteiger partial charge is 0.490 e. The molecule has 6 rings (SSSR count). The Morgan fingerprint density at radius 1 is 1.03 bits per heavy atom. The van der Waals surface area contributed by atoms with E-state index in [4.69, 9.17) is 18.6 Å². The highest BCUT2D eigenvalue weighted by Gasteiger charge is 2.42. The molecule has 1 aromatic heterocycles. The molecule has 36 heavy (non-hydrogen) atoms. The molecule has 0 N–H and O–H groups in total. The monoisotopic (exact) mass is 481 g/mol. The van der Waals surface area contributed by atoms with Gasteiger partial charge in [-0.2, -0.15) is 0 Å². The SMILES string of the molecule is C=CCOc1ccc([C@@H]2c3c(oc4ccc(C)cc4c3=O)C(=O)N2Cc2ccc3c(c2)OCO3)cc1. The molecule has 2 aliphatic heterocycles. The summed E-state index contributed by atoms with van der Waals surface area (Å²) in [5.74, 6) is 1.72. The first-order chi connectivity index (χ1) is 17.5. The van der Waals surface area contributed by atoms with E-state index in [0.29, 0.717) is 40.4 Å². The number of carbonyl (C=O) groups excluding carboxylic acids is 1. The fraction of sp³-hybridized carbons (Fsp3) is 0.172. The van der Waals surface area contributed by atoms with Crippen LogP contribution in [0.4, 0.5) is 0 Å². The molecule has 0 fully saturated rings. The van der Waals surface area contributed by atoms with Crippen LogP contribution in [0, 0.1) is 6.92 Å². The van der Waals surface area contributed by atoms with Crippen LogP contribution in [-0.4, -0.2) is 24.2 Å². The lowest BCUT2D eigenvalue weighted by Crippen LogP contribution is -2.29. The molecule has 0 saturated carbocycles. The third-order valence-corrected chi connectivity index (χ3v) is 6.47. The third-order valence-electron chi connectivity index (χ3n) is 6.47. The van der Waals surface area contributed by atoms with Gasteiger partial charge >= 0.3 is 0 Å².